The summed E-state index contributed by atoms with van der Waals surface area (Å²) in [4.78, 5) is 0. The zero-order valence-corrected chi connectivity index (χ0v) is 10.7. The van der Waals surface area contributed by atoms with Crippen molar-refractivity contribution in [2.45, 2.75) is 38.2 Å². The molecule has 1 saturated carbocycles. The maximum Gasteiger partial charge on any atom is 0.125 e. The van der Waals surface area contributed by atoms with Crippen molar-refractivity contribution in [3.63, 3.8) is 0 Å². The number of ether oxygens (including phenoxy) is 2. The highest BCUT2D eigenvalue weighted by atomic mass is 16.5. The number of rotatable bonds is 5. The van der Waals surface area contributed by atoms with Crippen LogP contribution in [0.5, 0.6) is 11.5 Å². The molecule has 94 valence electrons. The Hall–Kier alpha value is -1.22. The van der Waals surface area contributed by atoms with Gasteiger partial charge >= 0.3 is 0 Å². The van der Waals surface area contributed by atoms with Crippen LogP contribution >= 0.6 is 0 Å². The number of aliphatic hydroxyl groups is 1. The van der Waals surface area contributed by atoms with Crippen molar-refractivity contribution in [3.8, 4) is 11.5 Å². The normalized spacial score (nSPS) is 16.7. The first-order chi connectivity index (χ1) is 8.08. The minimum absolute atomic E-state index is 0.397. The molecular weight excluding hydrogens is 216 g/mol. The molecule has 0 saturated heterocycles. The van der Waals surface area contributed by atoms with Gasteiger partial charge < -0.3 is 14.6 Å². The van der Waals surface area contributed by atoms with Crippen molar-refractivity contribution < 1.29 is 14.6 Å². The largest absolute Gasteiger partial charge is 0.496 e. The van der Waals surface area contributed by atoms with Crippen LogP contribution in [0.15, 0.2) is 12.1 Å². The van der Waals surface area contributed by atoms with Gasteiger partial charge in [-0.1, -0.05) is 0 Å². The molecule has 1 aliphatic carbocycles. The third-order valence-electron chi connectivity index (χ3n) is 3.52. The fourth-order valence-corrected chi connectivity index (χ4v) is 2.06. The zero-order valence-electron chi connectivity index (χ0n) is 10.7. The lowest BCUT2D eigenvalue weighted by Crippen LogP contribution is -2.08. The molecule has 1 aromatic carbocycles. The van der Waals surface area contributed by atoms with Gasteiger partial charge in [-0.3, -0.25) is 0 Å². The number of benzene rings is 1. The van der Waals surface area contributed by atoms with Crippen LogP contribution in [0.1, 0.15) is 30.4 Å². The van der Waals surface area contributed by atoms with Crippen LogP contribution in [0.4, 0.5) is 0 Å². The van der Waals surface area contributed by atoms with Crippen molar-refractivity contribution in [1.82, 2.24) is 0 Å². The summed E-state index contributed by atoms with van der Waals surface area (Å²) >= 11 is 0. The Labute approximate surface area is 102 Å². The van der Waals surface area contributed by atoms with E-state index in [2.05, 4.69) is 0 Å². The SMILES string of the molecule is COc1cc(CCC2(O)CC2)cc(OC)c1C. The molecule has 0 atom stereocenters. The molecule has 1 aliphatic rings. The molecular formula is C14H20O3. The summed E-state index contributed by atoms with van der Waals surface area (Å²) in [6, 6.07) is 4.06. The fourth-order valence-electron chi connectivity index (χ4n) is 2.06. The Bertz CT molecular complexity index is 383. The molecule has 1 N–H and O–H groups in total. The maximum absolute atomic E-state index is 9.84. The first-order valence-electron chi connectivity index (χ1n) is 6.02. The van der Waals surface area contributed by atoms with Gasteiger partial charge in [0.15, 0.2) is 0 Å². The average Bonchev–Trinajstić information content (AvgIpc) is 3.06. The van der Waals surface area contributed by atoms with Gasteiger partial charge in [0.05, 0.1) is 19.8 Å². The van der Waals surface area contributed by atoms with Crippen LogP contribution in [0.2, 0.25) is 0 Å². The van der Waals surface area contributed by atoms with Crippen LogP contribution in [0, 0.1) is 6.92 Å². The summed E-state index contributed by atoms with van der Waals surface area (Å²) in [6.07, 6.45) is 3.56. The molecule has 0 aromatic heterocycles. The van der Waals surface area contributed by atoms with E-state index in [0.717, 1.165) is 48.3 Å². The van der Waals surface area contributed by atoms with Gasteiger partial charge in [0, 0.05) is 5.56 Å². The number of aryl methyl sites for hydroxylation is 1. The van der Waals surface area contributed by atoms with E-state index in [1.54, 1.807) is 14.2 Å². The van der Waals surface area contributed by atoms with Crippen molar-refractivity contribution in [3.05, 3.63) is 23.3 Å². The van der Waals surface area contributed by atoms with Crippen LogP contribution in [0.3, 0.4) is 0 Å². The van der Waals surface area contributed by atoms with E-state index in [1.165, 1.54) is 0 Å². The third-order valence-corrected chi connectivity index (χ3v) is 3.52. The predicted molar refractivity (Wildman–Crippen MR) is 66.8 cm³/mol. The minimum Gasteiger partial charge on any atom is -0.496 e. The van der Waals surface area contributed by atoms with Crippen molar-refractivity contribution >= 4 is 0 Å². The van der Waals surface area contributed by atoms with E-state index >= 15 is 0 Å². The van der Waals surface area contributed by atoms with Crippen LogP contribution in [-0.4, -0.2) is 24.9 Å². The lowest BCUT2D eigenvalue weighted by Gasteiger charge is -2.13. The van der Waals surface area contributed by atoms with Crippen LogP contribution in [0.25, 0.3) is 0 Å². The lowest BCUT2D eigenvalue weighted by atomic mass is 10.0. The maximum atomic E-state index is 9.84. The molecule has 0 aliphatic heterocycles. The third kappa shape index (κ3) is 2.72. The van der Waals surface area contributed by atoms with Crippen molar-refractivity contribution in [1.29, 1.82) is 0 Å². The van der Waals surface area contributed by atoms with E-state index in [-0.39, 0.29) is 0 Å². The Kier molecular flexibility index (Phi) is 3.29. The summed E-state index contributed by atoms with van der Waals surface area (Å²) < 4.78 is 10.7. The molecule has 0 radical (unpaired) electrons. The zero-order chi connectivity index (χ0) is 12.5. The second-order valence-electron chi connectivity index (χ2n) is 4.85. The standard InChI is InChI=1S/C14H20O3/c1-10-12(16-2)8-11(9-13(10)17-3)4-5-14(15)6-7-14/h8-9,15H,4-7H2,1-3H3. The van der Waals surface area contributed by atoms with Gasteiger partial charge in [0.1, 0.15) is 11.5 Å². The van der Waals surface area contributed by atoms with E-state index < -0.39 is 5.60 Å². The van der Waals surface area contributed by atoms with Gasteiger partial charge in [0.2, 0.25) is 0 Å². The molecule has 0 bridgehead atoms. The summed E-state index contributed by atoms with van der Waals surface area (Å²) in [5.74, 6) is 1.70. The van der Waals surface area contributed by atoms with Crippen LogP contribution in [-0.2, 0) is 6.42 Å². The molecule has 0 spiro atoms. The molecule has 3 nitrogen and oxygen atoms in total. The summed E-state index contributed by atoms with van der Waals surface area (Å²) in [5.41, 5.74) is 1.78. The van der Waals surface area contributed by atoms with E-state index in [4.69, 9.17) is 9.47 Å². The number of methoxy groups -OCH3 is 2. The Morgan fingerprint density at radius 3 is 2.12 bits per heavy atom. The van der Waals surface area contributed by atoms with Crippen molar-refractivity contribution in [2.24, 2.45) is 0 Å². The quantitative estimate of drug-likeness (QED) is 0.853. The average molecular weight is 236 g/mol. The second-order valence-corrected chi connectivity index (χ2v) is 4.85. The fraction of sp³-hybridized carbons (Fsp3) is 0.571. The molecule has 1 aromatic rings. The Morgan fingerprint density at radius 1 is 1.18 bits per heavy atom. The summed E-state index contributed by atoms with van der Waals surface area (Å²) in [5, 5.41) is 9.84. The summed E-state index contributed by atoms with van der Waals surface area (Å²) in [7, 11) is 3.33. The highest BCUT2D eigenvalue weighted by Crippen LogP contribution is 2.40. The van der Waals surface area contributed by atoms with Gasteiger partial charge in [0.25, 0.3) is 0 Å². The van der Waals surface area contributed by atoms with Gasteiger partial charge in [-0.05, 0) is 50.3 Å². The topological polar surface area (TPSA) is 38.7 Å². The Morgan fingerprint density at radius 2 is 1.71 bits per heavy atom. The monoisotopic (exact) mass is 236 g/mol. The van der Waals surface area contributed by atoms with E-state index in [9.17, 15) is 5.11 Å². The highest BCUT2D eigenvalue weighted by molar-refractivity contribution is 5.47. The summed E-state index contributed by atoms with van der Waals surface area (Å²) in [6.45, 7) is 1.98. The molecule has 3 heteroatoms. The van der Waals surface area contributed by atoms with Gasteiger partial charge in [-0.2, -0.15) is 0 Å². The first-order valence-corrected chi connectivity index (χ1v) is 6.02. The molecule has 0 unspecified atom stereocenters. The van der Waals surface area contributed by atoms with E-state index in [1.807, 2.05) is 19.1 Å². The van der Waals surface area contributed by atoms with Gasteiger partial charge in [-0.15, -0.1) is 0 Å². The molecule has 0 heterocycles. The van der Waals surface area contributed by atoms with Gasteiger partial charge in [-0.25, -0.2) is 0 Å². The molecule has 0 amide bonds. The number of hydrogen-bond acceptors (Lipinski definition) is 3. The minimum atomic E-state index is -0.397. The number of hydrogen-bond donors (Lipinski definition) is 1. The van der Waals surface area contributed by atoms with E-state index in [0.29, 0.717) is 0 Å². The second kappa shape index (κ2) is 4.57. The van der Waals surface area contributed by atoms with Crippen molar-refractivity contribution in [2.75, 3.05) is 14.2 Å². The smallest absolute Gasteiger partial charge is 0.125 e. The first kappa shape index (κ1) is 12.2. The van der Waals surface area contributed by atoms with Crippen LogP contribution < -0.4 is 9.47 Å². The molecule has 1 fully saturated rings. The molecule has 2 rings (SSSR count). The highest BCUT2D eigenvalue weighted by Gasteiger charge is 2.39. The molecule has 17 heavy (non-hydrogen) atoms. The lowest BCUT2D eigenvalue weighted by molar-refractivity contribution is 0.140. The Balaban J connectivity index is 2.15. The predicted octanol–water partition coefficient (Wildman–Crippen LogP) is 2.47.